The summed E-state index contributed by atoms with van der Waals surface area (Å²) in [5, 5.41) is 161. The second-order valence-electron chi connectivity index (χ2n) is 11.9. The Balaban J connectivity index is 1.80. The van der Waals surface area contributed by atoms with Crippen LogP contribution in [0.5, 0.6) is 86.2 Å². The van der Waals surface area contributed by atoms with Crippen LogP contribution in [0.2, 0.25) is 0 Å². The molecule has 0 aliphatic heterocycles. The number of aromatic hydroxyl groups is 15. The van der Waals surface area contributed by atoms with E-state index in [1.807, 2.05) is 0 Å². The SMILES string of the molecule is Oc1c(O)c(O)c2c(-c3c4c(O)c(O)c(O)c(O)c4c(-c4cccc5oc6ccccc6c45)c4c(O)c(O)c(O)c(O)c34)c(O)c(O)c(O)c2c1O. The van der Waals surface area contributed by atoms with Crippen molar-refractivity contribution in [3.63, 3.8) is 0 Å². The first-order chi connectivity index (χ1) is 24.6. The van der Waals surface area contributed by atoms with E-state index in [4.69, 9.17) is 4.42 Å². The van der Waals surface area contributed by atoms with E-state index in [0.29, 0.717) is 11.0 Å². The van der Waals surface area contributed by atoms with Crippen molar-refractivity contribution in [3.8, 4) is 108 Å². The third kappa shape index (κ3) is 3.58. The first-order valence-corrected chi connectivity index (χ1v) is 14.8. The van der Waals surface area contributed by atoms with Crippen molar-refractivity contribution in [1.29, 1.82) is 0 Å². The number of phenols is 15. The van der Waals surface area contributed by atoms with Crippen molar-refractivity contribution in [2.45, 2.75) is 0 Å². The molecular formula is C36H22O16. The molecule has 0 unspecified atom stereocenters. The van der Waals surface area contributed by atoms with E-state index in [9.17, 15) is 76.6 Å². The normalized spacial score (nSPS) is 11.8. The molecular weight excluding hydrogens is 688 g/mol. The fraction of sp³-hybridized carbons (Fsp3) is 0. The predicted molar refractivity (Wildman–Crippen MR) is 182 cm³/mol. The van der Waals surface area contributed by atoms with Crippen LogP contribution in [0.4, 0.5) is 0 Å². The Kier molecular flexibility index (Phi) is 6.08. The van der Waals surface area contributed by atoms with E-state index in [-0.39, 0.29) is 16.5 Å². The average Bonchev–Trinajstić information content (AvgIpc) is 3.53. The summed E-state index contributed by atoms with van der Waals surface area (Å²) in [6.45, 7) is 0. The molecule has 8 rings (SSSR count). The Morgan fingerprint density at radius 1 is 0.269 bits per heavy atom. The molecule has 1 aromatic heterocycles. The number of furan rings is 1. The van der Waals surface area contributed by atoms with Gasteiger partial charge in [-0.25, -0.2) is 0 Å². The monoisotopic (exact) mass is 710 g/mol. The van der Waals surface area contributed by atoms with E-state index >= 15 is 0 Å². The van der Waals surface area contributed by atoms with Crippen LogP contribution in [0.15, 0.2) is 46.9 Å². The van der Waals surface area contributed by atoms with Gasteiger partial charge in [-0.1, -0.05) is 30.3 Å². The maximum absolute atomic E-state index is 11.6. The minimum Gasteiger partial charge on any atom is -0.504 e. The van der Waals surface area contributed by atoms with E-state index < -0.39 is 135 Å². The van der Waals surface area contributed by atoms with E-state index in [1.54, 1.807) is 30.3 Å². The highest BCUT2D eigenvalue weighted by molar-refractivity contribution is 6.33. The van der Waals surface area contributed by atoms with Crippen LogP contribution in [0, 0.1) is 0 Å². The minimum atomic E-state index is -1.47. The minimum absolute atomic E-state index is 0.00858. The average molecular weight is 711 g/mol. The molecule has 262 valence electrons. The lowest BCUT2D eigenvalue weighted by Gasteiger charge is -2.24. The zero-order valence-electron chi connectivity index (χ0n) is 25.7. The molecule has 16 nitrogen and oxygen atoms in total. The van der Waals surface area contributed by atoms with Gasteiger partial charge < -0.3 is 81.0 Å². The molecule has 0 amide bonds. The molecule has 0 aliphatic carbocycles. The standard InChI is InChI=1S/C36H22O16/c37-22-15-13(9-5-3-7-11-12(9)8-4-1-2-6-10(8)52-11)16-18(26(41)34(49)32(47)23(16)38)14(17(15)25(40)33(48)31(22)46)19-20-21(28(43)30(45)24(19)39)29(44)36(51)35(50)27(20)42/h1-7,37-51H. The third-order valence-electron chi connectivity index (χ3n) is 9.28. The Labute approximate surface area is 286 Å². The number of hydrogen-bond acceptors (Lipinski definition) is 16. The third-order valence-corrected chi connectivity index (χ3v) is 9.28. The van der Waals surface area contributed by atoms with E-state index in [2.05, 4.69) is 0 Å². The molecule has 16 heteroatoms. The molecule has 1 heterocycles. The summed E-state index contributed by atoms with van der Waals surface area (Å²) in [4.78, 5) is 0. The zero-order chi connectivity index (χ0) is 37.4. The molecule has 52 heavy (non-hydrogen) atoms. The smallest absolute Gasteiger partial charge is 0.205 e. The molecule has 0 saturated carbocycles. The summed E-state index contributed by atoms with van der Waals surface area (Å²) in [6, 6.07) is 11.0. The number of para-hydroxylation sites is 1. The van der Waals surface area contributed by atoms with Crippen LogP contribution in [0.3, 0.4) is 0 Å². The Bertz CT molecular complexity index is 2870. The van der Waals surface area contributed by atoms with Gasteiger partial charge in [0.25, 0.3) is 0 Å². The lowest BCUT2D eigenvalue weighted by molar-refractivity contribution is 0.347. The maximum Gasteiger partial charge on any atom is 0.205 e. The van der Waals surface area contributed by atoms with Gasteiger partial charge in [-0.3, -0.25) is 0 Å². The van der Waals surface area contributed by atoms with Crippen molar-refractivity contribution in [2.75, 3.05) is 0 Å². The second kappa shape index (κ2) is 10.1. The summed E-state index contributed by atoms with van der Waals surface area (Å²) in [7, 11) is 0. The van der Waals surface area contributed by atoms with Crippen LogP contribution < -0.4 is 0 Å². The quantitative estimate of drug-likeness (QED) is 0.0558. The highest BCUT2D eigenvalue weighted by Crippen LogP contribution is 2.66. The number of fused-ring (bicyclic) bond motifs is 6. The molecule has 0 bridgehead atoms. The van der Waals surface area contributed by atoms with Gasteiger partial charge in [-0.2, -0.15) is 0 Å². The Hall–Kier alpha value is -7.88. The summed E-state index contributed by atoms with van der Waals surface area (Å²) in [5.41, 5.74) is -1.84. The first kappa shape index (κ1) is 31.4. The van der Waals surface area contributed by atoms with Gasteiger partial charge in [0.05, 0.1) is 5.39 Å². The molecule has 15 N–H and O–H groups in total. The highest BCUT2D eigenvalue weighted by Gasteiger charge is 2.37. The molecule has 0 radical (unpaired) electrons. The Morgan fingerprint density at radius 2 is 0.635 bits per heavy atom. The summed E-state index contributed by atoms with van der Waals surface area (Å²) >= 11 is 0. The van der Waals surface area contributed by atoms with Gasteiger partial charge >= 0.3 is 0 Å². The van der Waals surface area contributed by atoms with Crippen LogP contribution in [-0.2, 0) is 0 Å². The summed E-state index contributed by atoms with van der Waals surface area (Å²) in [6.07, 6.45) is 0. The molecule has 0 fully saturated rings. The maximum atomic E-state index is 11.6. The van der Waals surface area contributed by atoms with Crippen molar-refractivity contribution in [2.24, 2.45) is 0 Å². The molecule has 0 spiro atoms. The number of phenolic OH excluding ortho intramolecular Hbond substituents is 15. The molecule has 7 aromatic carbocycles. The predicted octanol–water partition coefficient (Wildman–Crippen LogP) is 5.96. The molecule has 0 atom stereocenters. The molecule has 0 aliphatic rings. The van der Waals surface area contributed by atoms with Gasteiger partial charge in [-0.05, 0) is 17.7 Å². The van der Waals surface area contributed by atoms with Crippen molar-refractivity contribution in [3.05, 3.63) is 42.5 Å². The fourth-order valence-electron chi connectivity index (χ4n) is 7.00. The first-order valence-electron chi connectivity index (χ1n) is 14.8. The van der Waals surface area contributed by atoms with Crippen molar-refractivity contribution in [1.82, 2.24) is 0 Å². The molecule has 8 aromatic rings. The lowest BCUT2D eigenvalue weighted by Crippen LogP contribution is -1.96. The highest BCUT2D eigenvalue weighted by atomic mass is 16.4. The number of benzene rings is 7. The fourth-order valence-corrected chi connectivity index (χ4v) is 7.00. The van der Waals surface area contributed by atoms with Gasteiger partial charge in [0.1, 0.15) is 11.2 Å². The lowest BCUT2D eigenvalue weighted by atomic mass is 9.81. The van der Waals surface area contributed by atoms with Crippen LogP contribution in [0.25, 0.3) is 76.5 Å². The largest absolute Gasteiger partial charge is 0.504 e. The number of rotatable bonds is 2. The van der Waals surface area contributed by atoms with Crippen molar-refractivity contribution >= 4 is 54.3 Å². The van der Waals surface area contributed by atoms with Crippen LogP contribution in [-0.4, -0.2) is 76.6 Å². The van der Waals surface area contributed by atoms with Crippen LogP contribution >= 0.6 is 0 Å². The molecule has 0 saturated heterocycles. The summed E-state index contributed by atoms with van der Waals surface area (Å²) in [5.74, 6) is -20.5. The van der Waals surface area contributed by atoms with Crippen molar-refractivity contribution < 1.29 is 81.0 Å². The van der Waals surface area contributed by atoms with Gasteiger partial charge in [-0.15, -0.1) is 0 Å². The van der Waals surface area contributed by atoms with E-state index in [0.717, 1.165) is 0 Å². The van der Waals surface area contributed by atoms with Gasteiger partial charge in [0.2, 0.25) is 40.2 Å². The van der Waals surface area contributed by atoms with Crippen LogP contribution in [0.1, 0.15) is 0 Å². The van der Waals surface area contributed by atoms with Gasteiger partial charge in [0.15, 0.2) is 46.0 Å². The summed E-state index contributed by atoms with van der Waals surface area (Å²) < 4.78 is 5.98. The Morgan fingerprint density at radius 3 is 1.12 bits per heavy atom. The second-order valence-corrected chi connectivity index (χ2v) is 11.9. The van der Waals surface area contributed by atoms with Gasteiger partial charge in [0, 0.05) is 54.4 Å². The topological polar surface area (TPSA) is 317 Å². The number of hydrogen-bond donors (Lipinski definition) is 15. The zero-order valence-corrected chi connectivity index (χ0v) is 25.7. The van der Waals surface area contributed by atoms with E-state index in [1.165, 1.54) is 12.1 Å².